The van der Waals surface area contributed by atoms with Crippen LogP contribution in [0, 0.1) is 0 Å². The maximum absolute atomic E-state index is 14.0. The molecule has 8 nitrogen and oxygen atoms in total. The molecule has 372 valence electrons. The Hall–Kier alpha value is -6.37. The van der Waals surface area contributed by atoms with Crippen molar-refractivity contribution in [1.29, 1.82) is 0 Å². The third-order valence-electron chi connectivity index (χ3n) is 13.4. The summed E-state index contributed by atoms with van der Waals surface area (Å²) in [4.78, 5) is 54.1. The Labute approximate surface area is 424 Å². The van der Waals surface area contributed by atoms with Crippen LogP contribution in [0.4, 0.5) is 0 Å². The lowest BCUT2D eigenvalue weighted by Crippen LogP contribution is -2.66. The van der Waals surface area contributed by atoms with E-state index in [1.165, 1.54) is 32.6 Å². The molecule has 0 aliphatic rings. The Kier molecular flexibility index (Phi) is 23.1. The van der Waals surface area contributed by atoms with Crippen LogP contribution in [-0.2, 0) is 38.4 Å². The van der Waals surface area contributed by atoms with E-state index in [1.54, 1.807) is 0 Å². The summed E-state index contributed by atoms with van der Waals surface area (Å²) >= 11 is 0. The molecular weight excluding hydrogens is 896 g/mol. The molecule has 6 aromatic carbocycles. The molecule has 6 aromatic rings. The molecule has 0 radical (unpaired) electrons. The lowest BCUT2D eigenvalue weighted by atomic mass is 9.97. The van der Waals surface area contributed by atoms with Crippen molar-refractivity contribution in [2.75, 3.05) is 25.8 Å². The molecular formula is C62H76N4O4P+. The Morgan fingerprint density at radius 2 is 0.606 bits per heavy atom. The lowest BCUT2D eigenvalue weighted by molar-refractivity contribution is -0.126. The van der Waals surface area contributed by atoms with Crippen molar-refractivity contribution in [3.05, 3.63) is 199 Å². The summed E-state index contributed by atoms with van der Waals surface area (Å²) in [5.74, 6) is -0.593. The van der Waals surface area contributed by atoms with Crippen LogP contribution in [-0.4, -0.2) is 55.0 Å². The molecule has 4 N–H and O–H groups in total. The fourth-order valence-electron chi connectivity index (χ4n) is 9.44. The first-order valence-corrected chi connectivity index (χ1v) is 28.1. The number of carbonyl (C=O) groups excluding carboxylic acids is 4. The van der Waals surface area contributed by atoms with E-state index in [9.17, 15) is 19.2 Å². The highest BCUT2D eigenvalue weighted by molar-refractivity contribution is 7.95. The van der Waals surface area contributed by atoms with Gasteiger partial charge in [-0.1, -0.05) is 171 Å². The predicted molar refractivity (Wildman–Crippen MR) is 295 cm³/mol. The van der Waals surface area contributed by atoms with Crippen molar-refractivity contribution in [2.24, 2.45) is 0 Å². The minimum Gasteiger partial charge on any atom is -0.354 e. The second kappa shape index (κ2) is 30.4. The van der Waals surface area contributed by atoms with Gasteiger partial charge in [0.1, 0.15) is 23.2 Å². The minimum absolute atomic E-state index is 0.0554. The predicted octanol–water partition coefficient (Wildman–Crippen LogP) is 10.4. The first kappa shape index (κ1) is 54.0. The van der Waals surface area contributed by atoms with Crippen molar-refractivity contribution in [3.63, 3.8) is 0 Å². The van der Waals surface area contributed by atoms with Gasteiger partial charge in [0.2, 0.25) is 23.6 Å². The highest BCUT2D eigenvalue weighted by Gasteiger charge is 2.44. The maximum Gasteiger partial charge on any atom is 0.220 e. The Morgan fingerprint density at radius 3 is 0.944 bits per heavy atom. The van der Waals surface area contributed by atoms with Gasteiger partial charge in [-0.15, -0.1) is 0 Å². The number of unbranched alkanes of at least 4 members (excludes halogenated alkanes) is 6. The average molecular weight is 972 g/mol. The average Bonchev–Trinajstić information content (AvgIpc) is 3.41. The van der Waals surface area contributed by atoms with Crippen molar-refractivity contribution in [3.8, 4) is 0 Å². The molecule has 0 atom stereocenters. The molecule has 0 aliphatic heterocycles. The number of hydrogen-bond acceptors (Lipinski definition) is 4. The number of benzene rings is 6. The fourth-order valence-corrected chi connectivity index (χ4v) is 13.9. The first-order chi connectivity index (χ1) is 34.8. The van der Waals surface area contributed by atoms with Crippen LogP contribution < -0.4 is 37.2 Å². The topological polar surface area (TPSA) is 116 Å². The number of hydrogen-bond donors (Lipinski definition) is 4. The highest BCUT2D eigenvalue weighted by atomic mass is 31.2. The molecule has 0 saturated carbocycles. The molecule has 9 heteroatoms. The van der Waals surface area contributed by atoms with Crippen molar-refractivity contribution >= 4 is 46.8 Å². The summed E-state index contributed by atoms with van der Waals surface area (Å²) in [5, 5.41) is 16.7. The number of nitrogens with one attached hydrogen (secondary N) is 4. The summed E-state index contributed by atoms with van der Waals surface area (Å²) in [6.07, 6.45) is 13.9. The third kappa shape index (κ3) is 18.7. The largest absolute Gasteiger partial charge is 0.354 e. The van der Waals surface area contributed by atoms with Gasteiger partial charge >= 0.3 is 0 Å². The van der Waals surface area contributed by atoms with Gasteiger partial charge < -0.3 is 21.3 Å². The SMILES string of the molecule is O=C(CCCc1ccccc1)NCC(CNC(=O)CCCc1ccccc1)(CNC(=O)CCCc1ccccc1)NC(=O)CCCCCCCCC[P+](c1ccccc1)(c1ccccc1)c1ccccc1. The van der Waals surface area contributed by atoms with E-state index in [1.807, 2.05) is 54.6 Å². The molecule has 0 fully saturated rings. The van der Waals surface area contributed by atoms with E-state index in [0.29, 0.717) is 44.9 Å². The molecule has 0 aliphatic carbocycles. The monoisotopic (exact) mass is 972 g/mol. The van der Waals surface area contributed by atoms with Gasteiger partial charge in [0.05, 0.1) is 11.7 Å². The normalized spacial score (nSPS) is 11.4. The quantitative estimate of drug-likeness (QED) is 0.0249. The molecule has 0 aromatic heterocycles. The van der Waals surface area contributed by atoms with E-state index in [-0.39, 0.29) is 43.3 Å². The molecule has 0 bridgehead atoms. The zero-order valence-electron chi connectivity index (χ0n) is 41.7. The van der Waals surface area contributed by atoms with Crippen LogP contribution in [0.3, 0.4) is 0 Å². The molecule has 71 heavy (non-hydrogen) atoms. The smallest absolute Gasteiger partial charge is 0.220 e. The minimum atomic E-state index is -1.85. The van der Waals surface area contributed by atoms with Gasteiger partial charge in [-0.05, 0) is 111 Å². The van der Waals surface area contributed by atoms with E-state index >= 15 is 0 Å². The first-order valence-electron chi connectivity index (χ1n) is 26.1. The molecule has 6 rings (SSSR count). The van der Waals surface area contributed by atoms with Gasteiger partial charge in [0.25, 0.3) is 0 Å². The van der Waals surface area contributed by atoms with Gasteiger partial charge in [-0.2, -0.15) is 0 Å². The number of aryl methyl sites for hydroxylation is 3. The van der Waals surface area contributed by atoms with Gasteiger partial charge in [-0.3, -0.25) is 19.2 Å². The third-order valence-corrected chi connectivity index (χ3v) is 17.9. The van der Waals surface area contributed by atoms with E-state index in [0.717, 1.165) is 70.4 Å². The van der Waals surface area contributed by atoms with Crippen LogP contribution in [0.5, 0.6) is 0 Å². The number of rotatable bonds is 32. The summed E-state index contributed by atoms with van der Waals surface area (Å²) in [7, 11) is -1.85. The summed E-state index contributed by atoms with van der Waals surface area (Å²) < 4.78 is 0. The Morgan fingerprint density at radius 1 is 0.324 bits per heavy atom. The fraction of sp³-hybridized carbons (Fsp3) is 0.355. The molecule has 0 unspecified atom stereocenters. The van der Waals surface area contributed by atoms with Crippen LogP contribution in [0.2, 0.25) is 0 Å². The second-order valence-corrected chi connectivity index (χ2v) is 22.6. The van der Waals surface area contributed by atoms with E-state index in [4.69, 9.17) is 0 Å². The molecule has 4 amide bonds. The Balaban J connectivity index is 1.04. The summed E-state index contributed by atoms with van der Waals surface area (Å²) in [6.45, 7) is 0.166. The van der Waals surface area contributed by atoms with E-state index < -0.39 is 12.8 Å². The van der Waals surface area contributed by atoms with Gasteiger partial charge in [0, 0.05) is 45.3 Å². The van der Waals surface area contributed by atoms with Gasteiger partial charge in [0.15, 0.2) is 0 Å². The molecule has 0 spiro atoms. The zero-order chi connectivity index (χ0) is 49.7. The number of carbonyl (C=O) groups is 4. The lowest BCUT2D eigenvalue weighted by Gasteiger charge is -2.35. The van der Waals surface area contributed by atoms with Gasteiger partial charge in [-0.25, -0.2) is 0 Å². The van der Waals surface area contributed by atoms with Crippen LogP contribution >= 0.6 is 7.26 Å². The maximum atomic E-state index is 14.0. The van der Waals surface area contributed by atoms with Crippen LogP contribution in [0.25, 0.3) is 0 Å². The molecule has 0 heterocycles. The van der Waals surface area contributed by atoms with Crippen LogP contribution in [0.15, 0.2) is 182 Å². The summed E-state index contributed by atoms with van der Waals surface area (Å²) in [6, 6.07) is 63.5. The standard InChI is InChI=1S/C62H75N4O4P/c67-58(45-26-35-52-29-12-6-13-30-52)63-49-62(50-64-59(68)46-27-36-53-31-14-7-15-32-53,51-65-60(69)47-28-37-54-33-16-8-17-34-54)66-61(70)44-24-4-2-1-3-5-25-48-71(55-38-18-9-19-39-55,56-40-20-10-21-41-56)57-42-22-11-23-43-57/h6-23,29-34,38-43H,1-5,24-28,35-37,44-51H2,(H3-,63,64,65,66,67,68,69,70)/p+1. The second-order valence-electron chi connectivity index (χ2n) is 18.9. The van der Waals surface area contributed by atoms with E-state index in [2.05, 4.69) is 149 Å². The Bertz CT molecular complexity index is 2200. The van der Waals surface area contributed by atoms with Crippen LogP contribution in [0.1, 0.15) is 107 Å². The highest BCUT2D eigenvalue weighted by Crippen LogP contribution is 2.56. The number of amides is 4. The summed E-state index contributed by atoms with van der Waals surface area (Å²) in [5.41, 5.74) is 2.36. The van der Waals surface area contributed by atoms with Crippen molar-refractivity contribution in [2.45, 2.75) is 115 Å². The van der Waals surface area contributed by atoms with Crippen molar-refractivity contribution in [1.82, 2.24) is 21.3 Å². The molecule has 0 saturated heterocycles. The zero-order valence-corrected chi connectivity index (χ0v) is 42.6. The van der Waals surface area contributed by atoms with Crippen molar-refractivity contribution < 1.29 is 19.2 Å².